The molecule has 0 aliphatic carbocycles. The molecule has 0 radical (unpaired) electrons. The first-order valence-corrected chi connectivity index (χ1v) is 12.7. The van der Waals surface area contributed by atoms with Gasteiger partial charge in [-0.25, -0.2) is 0 Å². The van der Waals surface area contributed by atoms with Crippen LogP contribution < -0.4 is 0 Å². The number of piperazine rings is 1. The van der Waals surface area contributed by atoms with Crippen LogP contribution in [0.25, 0.3) is 0 Å². The van der Waals surface area contributed by atoms with Crippen LogP contribution in [0.1, 0.15) is 47.6 Å². The number of aromatic nitrogens is 2. The van der Waals surface area contributed by atoms with Crippen molar-refractivity contribution in [2.75, 3.05) is 45.8 Å². The Morgan fingerprint density at radius 3 is 2.17 bits per heavy atom. The molecule has 36 heavy (non-hydrogen) atoms. The minimum atomic E-state index is -0.403. The largest absolute Gasteiger partial charge is 0.341 e. The van der Waals surface area contributed by atoms with Crippen LogP contribution in [0.15, 0.2) is 24.3 Å². The van der Waals surface area contributed by atoms with Gasteiger partial charge in [-0.05, 0) is 49.8 Å². The molecule has 2 aliphatic rings. The standard InChI is InChI=1S/C26H36N6O4/c1-18-13-19(2)15-30(14-18)24(33)17-28-9-11-29(12-10-28)26(34)23-7-5-22(6-8-23)16-31-21(4)25(32(35)36)20(3)27-31/h5-8,18-19H,9-17H2,1-4H3. The van der Waals surface area contributed by atoms with Crippen molar-refractivity contribution >= 4 is 17.5 Å². The van der Waals surface area contributed by atoms with Gasteiger partial charge in [-0.1, -0.05) is 26.0 Å². The second kappa shape index (κ2) is 10.8. The van der Waals surface area contributed by atoms with Gasteiger partial charge in [0.1, 0.15) is 11.4 Å². The molecule has 10 nitrogen and oxygen atoms in total. The minimum absolute atomic E-state index is 0.0204. The van der Waals surface area contributed by atoms with Crippen LogP contribution in [0.5, 0.6) is 0 Å². The fraction of sp³-hybridized carbons (Fsp3) is 0.577. The van der Waals surface area contributed by atoms with Crippen molar-refractivity contribution in [3.05, 3.63) is 56.9 Å². The van der Waals surface area contributed by atoms with Crippen LogP contribution in [0, 0.1) is 35.8 Å². The van der Waals surface area contributed by atoms with Gasteiger partial charge in [0.05, 0.1) is 18.0 Å². The zero-order chi connectivity index (χ0) is 26.0. The molecule has 2 aromatic rings. The van der Waals surface area contributed by atoms with E-state index in [1.807, 2.05) is 21.9 Å². The molecule has 0 saturated carbocycles. The molecule has 2 fully saturated rings. The summed E-state index contributed by atoms with van der Waals surface area (Å²) < 4.78 is 1.62. The maximum Gasteiger partial charge on any atom is 0.312 e. The quantitative estimate of drug-likeness (QED) is 0.450. The van der Waals surface area contributed by atoms with Gasteiger partial charge in [0.25, 0.3) is 5.91 Å². The highest BCUT2D eigenvalue weighted by atomic mass is 16.6. The summed E-state index contributed by atoms with van der Waals surface area (Å²) in [6.45, 7) is 12.8. The SMILES string of the molecule is Cc1nn(Cc2ccc(C(=O)N3CCN(CC(=O)N4CC(C)CC(C)C4)CC3)cc2)c(C)c1[N+](=O)[O-]. The molecule has 2 atom stereocenters. The van der Waals surface area contributed by atoms with Gasteiger partial charge in [0, 0.05) is 44.8 Å². The zero-order valence-corrected chi connectivity index (χ0v) is 21.6. The van der Waals surface area contributed by atoms with Gasteiger partial charge < -0.3 is 9.80 Å². The summed E-state index contributed by atoms with van der Waals surface area (Å²) in [6.07, 6.45) is 1.18. The van der Waals surface area contributed by atoms with E-state index in [0.717, 1.165) is 18.7 Å². The van der Waals surface area contributed by atoms with E-state index >= 15 is 0 Å². The number of nitro groups is 1. The third-order valence-corrected chi connectivity index (χ3v) is 7.30. The minimum Gasteiger partial charge on any atom is -0.341 e. The van der Waals surface area contributed by atoms with E-state index in [-0.39, 0.29) is 17.5 Å². The molecular weight excluding hydrogens is 460 g/mol. The fourth-order valence-corrected chi connectivity index (χ4v) is 5.48. The van der Waals surface area contributed by atoms with Crippen LogP contribution in [0.4, 0.5) is 5.69 Å². The lowest BCUT2D eigenvalue weighted by Gasteiger charge is -2.38. The predicted octanol–water partition coefficient (Wildman–Crippen LogP) is 2.72. The highest BCUT2D eigenvalue weighted by molar-refractivity contribution is 5.94. The Kier molecular flexibility index (Phi) is 7.73. The maximum absolute atomic E-state index is 13.0. The van der Waals surface area contributed by atoms with Gasteiger partial charge in [-0.2, -0.15) is 5.10 Å². The second-order valence-electron chi connectivity index (χ2n) is 10.4. The molecule has 1 aromatic carbocycles. The van der Waals surface area contributed by atoms with Gasteiger partial charge in [0.2, 0.25) is 5.91 Å². The number of benzene rings is 1. The summed E-state index contributed by atoms with van der Waals surface area (Å²) in [5.74, 6) is 1.26. The Balaban J connectivity index is 1.29. The molecule has 3 heterocycles. The van der Waals surface area contributed by atoms with Crippen molar-refractivity contribution in [1.82, 2.24) is 24.5 Å². The van der Waals surface area contributed by atoms with E-state index in [1.165, 1.54) is 6.42 Å². The molecule has 10 heteroatoms. The van der Waals surface area contributed by atoms with Crippen molar-refractivity contribution in [2.45, 2.75) is 40.7 Å². The Labute approximate surface area is 212 Å². The van der Waals surface area contributed by atoms with Crippen LogP contribution in [0.3, 0.4) is 0 Å². The van der Waals surface area contributed by atoms with Crippen molar-refractivity contribution < 1.29 is 14.5 Å². The van der Waals surface area contributed by atoms with E-state index in [2.05, 4.69) is 23.8 Å². The molecular formula is C26H36N6O4. The number of carbonyl (C=O) groups is 2. The summed E-state index contributed by atoms with van der Waals surface area (Å²) in [5.41, 5.74) is 2.47. The average molecular weight is 497 g/mol. The third kappa shape index (κ3) is 5.75. The smallest absolute Gasteiger partial charge is 0.312 e. The Morgan fingerprint density at radius 2 is 1.61 bits per heavy atom. The molecule has 2 aliphatic heterocycles. The highest BCUT2D eigenvalue weighted by Gasteiger charge is 2.28. The first kappa shape index (κ1) is 25.8. The molecule has 2 amide bonds. The number of aryl methyl sites for hydroxylation is 1. The fourth-order valence-electron chi connectivity index (χ4n) is 5.48. The number of carbonyl (C=O) groups excluding carboxylic acids is 2. The summed E-state index contributed by atoms with van der Waals surface area (Å²) >= 11 is 0. The van der Waals surface area contributed by atoms with Crippen LogP contribution in [-0.4, -0.2) is 87.0 Å². The summed E-state index contributed by atoms with van der Waals surface area (Å²) in [4.78, 5) is 42.6. The lowest BCUT2D eigenvalue weighted by Crippen LogP contribution is -2.53. The average Bonchev–Trinajstić information content (AvgIpc) is 3.11. The topological polar surface area (TPSA) is 105 Å². The highest BCUT2D eigenvalue weighted by Crippen LogP contribution is 2.23. The van der Waals surface area contributed by atoms with E-state index < -0.39 is 4.92 Å². The number of nitrogens with zero attached hydrogens (tertiary/aromatic N) is 6. The first-order valence-electron chi connectivity index (χ1n) is 12.7. The first-order chi connectivity index (χ1) is 17.1. The molecule has 0 spiro atoms. The van der Waals surface area contributed by atoms with E-state index in [0.29, 0.717) is 68.1 Å². The van der Waals surface area contributed by atoms with Gasteiger partial charge in [-0.15, -0.1) is 0 Å². The lowest BCUT2D eigenvalue weighted by atomic mass is 9.92. The van der Waals surface area contributed by atoms with Gasteiger partial charge in [-0.3, -0.25) is 29.3 Å². The number of amides is 2. The summed E-state index contributed by atoms with van der Waals surface area (Å²) in [7, 11) is 0. The summed E-state index contributed by atoms with van der Waals surface area (Å²) in [6, 6.07) is 7.33. The number of hydrogen-bond acceptors (Lipinski definition) is 6. The van der Waals surface area contributed by atoms with E-state index in [4.69, 9.17) is 0 Å². The molecule has 0 bridgehead atoms. The molecule has 4 rings (SSSR count). The monoisotopic (exact) mass is 496 g/mol. The normalized spacial score (nSPS) is 21.0. The van der Waals surface area contributed by atoms with Crippen molar-refractivity contribution in [3.8, 4) is 0 Å². The van der Waals surface area contributed by atoms with Gasteiger partial charge >= 0.3 is 5.69 Å². The molecule has 2 saturated heterocycles. The third-order valence-electron chi connectivity index (χ3n) is 7.30. The number of likely N-dealkylation sites (tertiary alicyclic amines) is 1. The van der Waals surface area contributed by atoms with Crippen molar-refractivity contribution in [1.29, 1.82) is 0 Å². The summed E-state index contributed by atoms with van der Waals surface area (Å²) in [5, 5.41) is 15.5. The maximum atomic E-state index is 13.0. The molecule has 1 aromatic heterocycles. The predicted molar refractivity (Wildman–Crippen MR) is 136 cm³/mol. The molecule has 2 unspecified atom stereocenters. The van der Waals surface area contributed by atoms with E-state index in [1.54, 1.807) is 30.7 Å². The number of piperidine rings is 1. The van der Waals surface area contributed by atoms with Crippen molar-refractivity contribution in [2.24, 2.45) is 11.8 Å². The number of rotatable bonds is 6. The van der Waals surface area contributed by atoms with Crippen molar-refractivity contribution in [3.63, 3.8) is 0 Å². The zero-order valence-electron chi connectivity index (χ0n) is 21.6. The lowest BCUT2D eigenvalue weighted by molar-refractivity contribution is -0.386. The Bertz CT molecular complexity index is 1110. The van der Waals surface area contributed by atoms with Crippen LogP contribution >= 0.6 is 0 Å². The van der Waals surface area contributed by atoms with Crippen LogP contribution in [0.2, 0.25) is 0 Å². The van der Waals surface area contributed by atoms with Crippen LogP contribution in [-0.2, 0) is 11.3 Å². The molecule has 0 N–H and O–H groups in total. The second-order valence-corrected chi connectivity index (χ2v) is 10.4. The Hall–Kier alpha value is -3.27. The molecule has 194 valence electrons. The van der Waals surface area contributed by atoms with Gasteiger partial charge in [0.15, 0.2) is 0 Å². The van der Waals surface area contributed by atoms with E-state index in [9.17, 15) is 19.7 Å². The Morgan fingerprint density at radius 1 is 1.00 bits per heavy atom. The number of hydrogen-bond donors (Lipinski definition) is 0.